The molecule has 0 bridgehead atoms. The third-order valence-electron chi connectivity index (χ3n) is 4.78. The predicted molar refractivity (Wildman–Crippen MR) is 85.0 cm³/mol. The van der Waals surface area contributed by atoms with Crippen LogP contribution in [0.25, 0.3) is 0 Å². The van der Waals surface area contributed by atoms with Gasteiger partial charge in [-0.2, -0.15) is 0 Å². The summed E-state index contributed by atoms with van der Waals surface area (Å²) < 4.78 is 0. The highest BCUT2D eigenvalue weighted by Gasteiger charge is 2.28. The summed E-state index contributed by atoms with van der Waals surface area (Å²) in [6, 6.07) is 8.34. The van der Waals surface area contributed by atoms with Crippen molar-refractivity contribution in [2.75, 3.05) is 31.9 Å². The minimum atomic E-state index is 0.237. The van der Waals surface area contributed by atoms with Gasteiger partial charge in [-0.25, -0.2) is 0 Å². The van der Waals surface area contributed by atoms with E-state index in [-0.39, 0.29) is 5.91 Å². The van der Waals surface area contributed by atoms with E-state index in [1.807, 2.05) is 29.2 Å². The van der Waals surface area contributed by atoms with Gasteiger partial charge in [0.05, 0.1) is 6.42 Å². The Kier molecular flexibility index (Phi) is 4.44. The van der Waals surface area contributed by atoms with Crippen LogP contribution in [0.4, 0.5) is 5.69 Å². The molecule has 0 saturated carbocycles. The Hall–Kier alpha value is -1.55. The van der Waals surface area contributed by atoms with Gasteiger partial charge in [-0.05, 0) is 56.5 Å². The van der Waals surface area contributed by atoms with Gasteiger partial charge < -0.3 is 15.5 Å². The van der Waals surface area contributed by atoms with Crippen molar-refractivity contribution >= 4 is 11.6 Å². The van der Waals surface area contributed by atoms with E-state index in [2.05, 4.69) is 4.90 Å². The fourth-order valence-corrected chi connectivity index (χ4v) is 3.58. The number of hydrogen-bond acceptors (Lipinski definition) is 3. The summed E-state index contributed by atoms with van der Waals surface area (Å²) in [7, 11) is 0. The molecule has 2 heterocycles. The Bertz CT molecular complexity index is 489. The molecule has 2 fully saturated rings. The van der Waals surface area contributed by atoms with Gasteiger partial charge in [0.2, 0.25) is 5.91 Å². The summed E-state index contributed by atoms with van der Waals surface area (Å²) >= 11 is 0. The molecular weight excluding hydrogens is 262 g/mol. The van der Waals surface area contributed by atoms with Crippen molar-refractivity contribution in [1.29, 1.82) is 0 Å². The van der Waals surface area contributed by atoms with Crippen LogP contribution in [0.15, 0.2) is 24.3 Å². The zero-order chi connectivity index (χ0) is 14.7. The van der Waals surface area contributed by atoms with Crippen LogP contribution in [0.3, 0.4) is 0 Å². The molecule has 1 aromatic carbocycles. The number of amides is 1. The Morgan fingerprint density at radius 2 is 1.86 bits per heavy atom. The molecule has 114 valence electrons. The van der Waals surface area contributed by atoms with Gasteiger partial charge >= 0.3 is 0 Å². The number of nitrogens with two attached hydrogens (primary N) is 1. The first-order valence-corrected chi connectivity index (χ1v) is 8.08. The number of carbonyl (C=O) groups excluding carboxylic acids is 1. The molecule has 0 atom stereocenters. The summed E-state index contributed by atoms with van der Waals surface area (Å²) in [5, 5.41) is 0. The number of nitrogen functional groups attached to an aromatic ring is 1. The van der Waals surface area contributed by atoms with Crippen LogP contribution < -0.4 is 5.73 Å². The summed E-state index contributed by atoms with van der Waals surface area (Å²) in [5.41, 5.74) is 7.52. The second-order valence-corrected chi connectivity index (χ2v) is 6.28. The lowest BCUT2D eigenvalue weighted by atomic mass is 10.0. The average molecular weight is 287 g/mol. The molecule has 2 saturated heterocycles. The molecule has 2 aliphatic heterocycles. The summed E-state index contributed by atoms with van der Waals surface area (Å²) in [4.78, 5) is 17.0. The lowest BCUT2D eigenvalue weighted by Gasteiger charge is -2.36. The van der Waals surface area contributed by atoms with Crippen LogP contribution in [0.1, 0.15) is 31.2 Å². The first-order chi connectivity index (χ1) is 10.2. The van der Waals surface area contributed by atoms with Gasteiger partial charge in [-0.1, -0.05) is 12.1 Å². The van der Waals surface area contributed by atoms with E-state index in [9.17, 15) is 4.79 Å². The van der Waals surface area contributed by atoms with Crippen molar-refractivity contribution in [3.63, 3.8) is 0 Å². The molecule has 3 rings (SSSR count). The normalized spacial score (nSPS) is 20.9. The third-order valence-corrected chi connectivity index (χ3v) is 4.78. The first kappa shape index (κ1) is 14.4. The molecule has 4 heteroatoms. The maximum atomic E-state index is 12.4. The van der Waals surface area contributed by atoms with E-state index in [1.54, 1.807) is 0 Å². The van der Waals surface area contributed by atoms with Gasteiger partial charge in [0.15, 0.2) is 0 Å². The van der Waals surface area contributed by atoms with Crippen LogP contribution in [-0.4, -0.2) is 47.9 Å². The molecule has 2 aliphatic rings. The Balaban J connectivity index is 1.50. The number of hydrogen-bond donors (Lipinski definition) is 1. The summed E-state index contributed by atoms with van der Waals surface area (Å²) in [5.74, 6) is 0.237. The van der Waals surface area contributed by atoms with E-state index in [0.29, 0.717) is 12.5 Å². The van der Waals surface area contributed by atoms with E-state index in [0.717, 1.165) is 37.2 Å². The Morgan fingerprint density at radius 1 is 1.14 bits per heavy atom. The second kappa shape index (κ2) is 6.48. The van der Waals surface area contributed by atoms with Crippen LogP contribution in [0.5, 0.6) is 0 Å². The lowest BCUT2D eigenvalue weighted by Crippen LogP contribution is -2.46. The van der Waals surface area contributed by atoms with Gasteiger partial charge in [0.1, 0.15) is 0 Å². The van der Waals surface area contributed by atoms with Crippen LogP contribution in [0, 0.1) is 0 Å². The number of nitrogens with zero attached hydrogens (tertiary/aromatic N) is 2. The van der Waals surface area contributed by atoms with Crippen molar-refractivity contribution < 1.29 is 4.79 Å². The number of anilines is 1. The zero-order valence-electron chi connectivity index (χ0n) is 12.6. The molecule has 0 aliphatic carbocycles. The number of rotatable bonds is 3. The number of piperidine rings is 1. The van der Waals surface area contributed by atoms with Crippen molar-refractivity contribution in [3.05, 3.63) is 29.8 Å². The fourth-order valence-electron chi connectivity index (χ4n) is 3.58. The maximum absolute atomic E-state index is 12.4. The zero-order valence-corrected chi connectivity index (χ0v) is 12.6. The largest absolute Gasteiger partial charge is 0.399 e. The van der Waals surface area contributed by atoms with Crippen molar-refractivity contribution in [1.82, 2.24) is 9.80 Å². The molecule has 0 unspecified atom stereocenters. The quantitative estimate of drug-likeness (QED) is 0.864. The van der Waals surface area contributed by atoms with Crippen molar-refractivity contribution in [3.8, 4) is 0 Å². The highest BCUT2D eigenvalue weighted by atomic mass is 16.2. The smallest absolute Gasteiger partial charge is 0.226 e. The van der Waals surface area contributed by atoms with E-state index < -0.39 is 0 Å². The van der Waals surface area contributed by atoms with Crippen molar-refractivity contribution in [2.45, 2.75) is 38.1 Å². The molecule has 0 radical (unpaired) electrons. The van der Waals surface area contributed by atoms with Gasteiger partial charge in [-0.15, -0.1) is 0 Å². The molecule has 0 spiro atoms. The number of likely N-dealkylation sites (tertiary alicyclic amines) is 2. The highest BCUT2D eigenvalue weighted by molar-refractivity contribution is 5.79. The molecule has 1 amide bonds. The minimum absolute atomic E-state index is 0.237. The van der Waals surface area contributed by atoms with Gasteiger partial charge in [0.25, 0.3) is 0 Å². The average Bonchev–Trinajstić information content (AvgIpc) is 3.01. The van der Waals surface area contributed by atoms with E-state index >= 15 is 0 Å². The summed E-state index contributed by atoms with van der Waals surface area (Å²) in [6.45, 7) is 4.31. The van der Waals surface area contributed by atoms with Gasteiger partial charge in [-0.3, -0.25) is 4.79 Å². The fraction of sp³-hybridized carbons (Fsp3) is 0.588. The van der Waals surface area contributed by atoms with E-state index in [1.165, 1.54) is 25.9 Å². The van der Waals surface area contributed by atoms with Crippen LogP contribution >= 0.6 is 0 Å². The minimum Gasteiger partial charge on any atom is -0.399 e. The highest BCUT2D eigenvalue weighted by Crippen LogP contribution is 2.21. The molecule has 21 heavy (non-hydrogen) atoms. The standard InChI is InChI=1S/C17H25N3O/c18-15-5-3-4-14(12-15)13-17(21)20-10-6-16(7-11-20)19-8-1-2-9-19/h3-5,12,16H,1-2,6-11,13,18H2. The predicted octanol–water partition coefficient (Wildman–Crippen LogP) is 1.90. The molecule has 4 nitrogen and oxygen atoms in total. The van der Waals surface area contributed by atoms with Crippen LogP contribution in [0.2, 0.25) is 0 Å². The Labute approximate surface area is 126 Å². The maximum Gasteiger partial charge on any atom is 0.226 e. The van der Waals surface area contributed by atoms with Crippen molar-refractivity contribution in [2.24, 2.45) is 0 Å². The van der Waals surface area contributed by atoms with Crippen LogP contribution in [-0.2, 0) is 11.2 Å². The molecule has 2 N–H and O–H groups in total. The SMILES string of the molecule is Nc1cccc(CC(=O)N2CCC(N3CCCC3)CC2)c1. The second-order valence-electron chi connectivity index (χ2n) is 6.28. The topological polar surface area (TPSA) is 49.6 Å². The van der Waals surface area contributed by atoms with E-state index in [4.69, 9.17) is 5.73 Å². The summed E-state index contributed by atoms with van der Waals surface area (Å²) in [6.07, 6.45) is 5.41. The molecule has 0 aromatic heterocycles. The number of benzene rings is 1. The molecular formula is C17H25N3O. The third kappa shape index (κ3) is 3.56. The Morgan fingerprint density at radius 3 is 2.52 bits per heavy atom. The first-order valence-electron chi connectivity index (χ1n) is 8.08. The number of carbonyl (C=O) groups is 1. The lowest BCUT2D eigenvalue weighted by molar-refractivity contribution is -0.132. The monoisotopic (exact) mass is 287 g/mol. The van der Waals surface area contributed by atoms with Gasteiger partial charge in [0, 0.05) is 24.8 Å². The molecule has 1 aromatic rings.